The highest BCUT2D eigenvalue weighted by molar-refractivity contribution is 5.61. The lowest BCUT2D eigenvalue weighted by molar-refractivity contribution is -0.0488. The number of aliphatic hydroxyl groups is 1. The molecule has 1 saturated heterocycles. The van der Waals surface area contributed by atoms with E-state index in [1.54, 1.807) is 6.07 Å². The minimum Gasteiger partial charge on any atom is -0.504 e. The molecule has 2 aliphatic carbocycles. The number of aromatic hydroxyl groups is 1. The fourth-order valence-electron chi connectivity index (χ4n) is 5.52. The third-order valence-corrected chi connectivity index (χ3v) is 6.35. The van der Waals surface area contributed by atoms with Crippen molar-refractivity contribution in [3.8, 4) is 11.5 Å². The summed E-state index contributed by atoms with van der Waals surface area (Å²) in [5, 5.41) is 20.8. The van der Waals surface area contributed by atoms with Gasteiger partial charge in [0, 0.05) is 29.5 Å². The number of phenolic OH excluding ortho intramolecular Hbond substituents is 1. The molecule has 2 heterocycles. The van der Waals surface area contributed by atoms with Crippen molar-refractivity contribution >= 4 is 0 Å². The van der Waals surface area contributed by atoms with Gasteiger partial charge in [-0.2, -0.15) is 0 Å². The molecule has 0 radical (unpaired) electrons. The van der Waals surface area contributed by atoms with Crippen LogP contribution in [0.25, 0.3) is 0 Å². The first-order chi connectivity index (χ1) is 11.2. The Labute approximate surface area is 135 Å². The van der Waals surface area contributed by atoms with E-state index in [-0.39, 0.29) is 17.3 Å². The molecule has 4 aliphatic rings. The number of rotatable bonds is 2. The molecular formula is C19H21NO3. The summed E-state index contributed by atoms with van der Waals surface area (Å²) in [4.78, 5) is 2.50. The van der Waals surface area contributed by atoms with Crippen molar-refractivity contribution in [2.75, 3.05) is 13.1 Å². The first-order valence-corrected chi connectivity index (χ1v) is 8.40. The quantitative estimate of drug-likeness (QED) is 0.817. The van der Waals surface area contributed by atoms with Gasteiger partial charge >= 0.3 is 0 Å². The molecule has 120 valence electrons. The summed E-state index contributed by atoms with van der Waals surface area (Å²) < 4.78 is 6.13. The van der Waals surface area contributed by atoms with E-state index in [9.17, 15) is 10.2 Å². The van der Waals surface area contributed by atoms with E-state index in [1.807, 2.05) is 18.2 Å². The second-order valence-electron chi connectivity index (χ2n) is 7.23. The normalized spacial score (nSPS) is 39.7. The van der Waals surface area contributed by atoms with Gasteiger partial charge in [0.2, 0.25) is 0 Å². The average molecular weight is 311 g/mol. The minimum absolute atomic E-state index is 0.196. The molecule has 4 heteroatoms. The topological polar surface area (TPSA) is 52.9 Å². The highest BCUT2D eigenvalue weighted by atomic mass is 16.5. The Balaban J connectivity index is 1.76. The number of hydrogen-bond acceptors (Lipinski definition) is 4. The molecule has 0 saturated carbocycles. The zero-order chi connectivity index (χ0) is 15.8. The van der Waals surface area contributed by atoms with Crippen LogP contribution in [0, 0.1) is 5.92 Å². The summed E-state index contributed by atoms with van der Waals surface area (Å²) in [5.41, 5.74) is 2.22. The third-order valence-electron chi connectivity index (χ3n) is 6.35. The summed E-state index contributed by atoms with van der Waals surface area (Å²) in [6.45, 7) is 5.76. The lowest BCUT2D eigenvalue weighted by Gasteiger charge is -2.57. The van der Waals surface area contributed by atoms with Gasteiger partial charge in [-0.05, 0) is 31.0 Å². The van der Waals surface area contributed by atoms with Crippen molar-refractivity contribution in [3.05, 3.63) is 48.1 Å². The lowest BCUT2D eigenvalue weighted by atomic mass is 9.53. The standard InChI is InChI=1S/C19H21NO3/c1-2-8-20-9-7-19-12-4-6-15(22)18(19)23-17-14(21)5-3-11(16(17)19)10-13(12)20/h2-6,12-13,15,18,21-22H,1,7-10H2/t12-,13+,15-,18-,19?/m0/s1. The van der Waals surface area contributed by atoms with Crippen molar-refractivity contribution < 1.29 is 14.9 Å². The van der Waals surface area contributed by atoms with E-state index < -0.39 is 6.10 Å². The number of phenols is 1. The van der Waals surface area contributed by atoms with Gasteiger partial charge in [-0.3, -0.25) is 4.90 Å². The number of likely N-dealkylation sites (tertiary alicyclic amines) is 1. The van der Waals surface area contributed by atoms with Crippen LogP contribution in [0.4, 0.5) is 0 Å². The van der Waals surface area contributed by atoms with Crippen LogP contribution in [0.3, 0.4) is 0 Å². The molecule has 0 aromatic heterocycles. The van der Waals surface area contributed by atoms with E-state index in [2.05, 4.69) is 17.6 Å². The van der Waals surface area contributed by atoms with Gasteiger partial charge in [-0.1, -0.05) is 24.3 Å². The summed E-state index contributed by atoms with van der Waals surface area (Å²) in [7, 11) is 0. The fraction of sp³-hybridized carbons (Fsp3) is 0.474. The van der Waals surface area contributed by atoms with Crippen LogP contribution in [-0.4, -0.2) is 46.5 Å². The molecule has 2 aliphatic heterocycles. The summed E-state index contributed by atoms with van der Waals surface area (Å²) in [6.07, 6.45) is 7.04. The van der Waals surface area contributed by atoms with Crippen LogP contribution in [0.2, 0.25) is 0 Å². The predicted molar refractivity (Wildman–Crippen MR) is 86.7 cm³/mol. The van der Waals surface area contributed by atoms with Crippen molar-refractivity contribution in [3.63, 3.8) is 0 Å². The number of ether oxygens (including phenoxy) is 1. The first kappa shape index (κ1) is 13.6. The van der Waals surface area contributed by atoms with Gasteiger partial charge < -0.3 is 14.9 Å². The molecule has 4 nitrogen and oxygen atoms in total. The second-order valence-corrected chi connectivity index (χ2v) is 7.23. The third kappa shape index (κ3) is 1.49. The van der Waals surface area contributed by atoms with Gasteiger partial charge in [0.15, 0.2) is 11.5 Å². The van der Waals surface area contributed by atoms with Crippen LogP contribution >= 0.6 is 0 Å². The molecule has 1 aromatic carbocycles. The summed E-state index contributed by atoms with van der Waals surface area (Å²) in [6, 6.07) is 4.17. The van der Waals surface area contributed by atoms with E-state index in [0.29, 0.717) is 17.7 Å². The second kappa shape index (κ2) is 4.40. The van der Waals surface area contributed by atoms with E-state index in [1.165, 1.54) is 5.56 Å². The largest absolute Gasteiger partial charge is 0.504 e. The molecule has 0 amide bonds. The molecule has 1 aromatic rings. The highest BCUT2D eigenvalue weighted by Gasteiger charge is 2.64. The Hall–Kier alpha value is -1.78. The van der Waals surface area contributed by atoms with Crippen molar-refractivity contribution in [1.29, 1.82) is 0 Å². The zero-order valence-electron chi connectivity index (χ0n) is 13.0. The van der Waals surface area contributed by atoms with Crippen molar-refractivity contribution in [2.45, 2.75) is 36.5 Å². The molecule has 5 rings (SSSR count). The molecule has 1 spiro atoms. The van der Waals surface area contributed by atoms with Crippen LogP contribution in [-0.2, 0) is 11.8 Å². The maximum atomic E-state index is 10.5. The molecule has 1 fully saturated rings. The molecule has 5 atom stereocenters. The number of aliphatic hydroxyl groups excluding tert-OH is 1. The van der Waals surface area contributed by atoms with Gasteiger partial charge in [-0.15, -0.1) is 6.58 Å². The Kier molecular flexibility index (Phi) is 2.61. The van der Waals surface area contributed by atoms with Gasteiger partial charge in [0.05, 0.1) is 0 Å². The first-order valence-electron chi connectivity index (χ1n) is 8.40. The number of hydrogen-bond donors (Lipinski definition) is 2. The highest BCUT2D eigenvalue weighted by Crippen LogP contribution is 2.62. The smallest absolute Gasteiger partial charge is 0.165 e. The van der Waals surface area contributed by atoms with E-state index in [4.69, 9.17) is 4.74 Å². The maximum absolute atomic E-state index is 10.5. The van der Waals surface area contributed by atoms with Crippen LogP contribution < -0.4 is 4.74 Å². The molecule has 23 heavy (non-hydrogen) atoms. The van der Waals surface area contributed by atoms with Gasteiger partial charge in [-0.25, -0.2) is 0 Å². The van der Waals surface area contributed by atoms with Crippen LogP contribution in [0.15, 0.2) is 36.9 Å². The monoisotopic (exact) mass is 311 g/mol. The fourth-order valence-corrected chi connectivity index (χ4v) is 5.52. The summed E-state index contributed by atoms with van der Waals surface area (Å²) >= 11 is 0. The number of benzene rings is 1. The Morgan fingerprint density at radius 2 is 2.26 bits per heavy atom. The molecule has 2 N–H and O–H groups in total. The van der Waals surface area contributed by atoms with Gasteiger partial charge in [0.25, 0.3) is 0 Å². The van der Waals surface area contributed by atoms with Crippen LogP contribution in [0.5, 0.6) is 11.5 Å². The van der Waals surface area contributed by atoms with Crippen molar-refractivity contribution in [1.82, 2.24) is 4.90 Å². The lowest BCUT2D eigenvalue weighted by Crippen LogP contribution is -2.65. The van der Waals surface area contributed by atoms with Crippen LogP contribution in [0.1, 0.15) is 17.5 Å². The predicted octanol–water partition coefficient (Wildman–Crippen LogP) is 1.75. The van der Waals surface area contributed by atoms with Gasteiger partial charge in [0.1, 0.15) is 12.2 Å². The Bertz CT molecular complexity index is 728. The minimum atomic E-state index is -0.615. The summed E-state index contributed by atoms with van der Waals surface area (Å²) in [5.74, 6) is 1.13. The average Bonchev–Trinajstić information content (AvgIpc) is 2.89. The molecule has 1 unspecified atom stereocenters. The Morgan fingerprint density at radius 3 is 3.09 bits per heavy atom. The van der Waals surface area contributed by atoms with E-state index >= 15 is 0 Å². The number of piperidine rings is 1. The van der Waals surface area contributed by atoms with Crippen molar-refractivity contribution in [2.24, 2.45) is 5.92 Å². The maximum Gasteiger partial charge on any atom is 0.165 e. The SMILES string of the molecule is C=CCN1CCC23c4c5ccc(O)c4O[C@H]2[C@@H](O)C=C[C@H]3[C@H]1C5. The Morgan fingerprint density at radius 1 is 1.39 bits per heavy atom. The number of nitrogens with zero attached hydrogens (tertiary/aromatic N) is 1. The van der Waals surface area contributed by atoms with E-state index in [0.717, 1.165) is 31.5 Å². The zero-order valence-corrected chi connectivity index (χ0v) is 13.0. The molecule has 2 bridgehead atoms. The molecular weight excluding hydrogens is 290 g/mol.